The molecule has 10 heteroatoms. The molecule has 0 atom stereocenters. The number of nitrogens with one attached hydrogen (secondary N) is 1. The lowest BCUT2D eigenvalue weighted by molar-refractivity contribution is 0.602. The van der Waals surface area contributed by atoms with E-state index in [1.165, 1.54) is 17.4 Å². The SMILES string of the molecule is CSc1nc2ccc(NS(=O)(=O)c3cccc4nsnc34)cc2s1. The fraction of sp³-hybridized carbons (Fsp3) is 0.0714. The average molecular weight is 395 g/mol. The number of hydrogen-bond donors (Lipinski definition) is 1. The second-order valence-electron chi connectivity index (χ2n) is 4.86. The fourth-order valence-electron chi connectivity index (χ4n) is 2.26. The molecule has 0 aliphatic heterocycles. The quantitative estimate of drug-likeness (QED) is 0.530. The van der Waals surface area contributed by atoms with Crippen molar-refractivity contribution in [2.45, 2.75) is 9.24 Å². The molecule has 122 valence electrons. The molecule has 0 radical (unpaired) electrons. The summed E-state index contributed by atoms with van der Waals surface area (Å²) in [5.74, 6) is 0. The van der Waals surface area contributed by atoms with E-state index in [1.807, 2.05) is 12.3 Å². The van der Waals surface area contributed by atoms with E-state index < -0.39 is 10.0 Å². The molecule has 0 spiro atoms. The Labute approximate surface area is 150 Å². The van der Waals surface area contributed by atoms with Crippen LogP contribution in [0.3, 0.4) is 0 Å². The van der Waals surface area contributed by atoms with E-state index in [0.29, 0.717) is 16.7 Å². The molecule has 6 nitrogen and oxygen atoms in total. The molecule has 24 heavy (non-hydrogen) atoms. The molecule has 2 aromatic heterocycles. The first-order valence-electron chi connectivity index (χ1n) is 6.75. The first kappa shape index (κ1) is 15.8. The van der Waals surface area contributed by atoms with Crippen molar-refractivity contribution in [3.05, 3.63) is 36.4 Å². The van der Waals surface area contributed by atoms with E-state index in [-0.39, 0.29) is 4.90 Å². The van der Waals surface area contributed by atoms with Crippen LogP contribution in [0.25, 0.3) is 21.3 Å². The maximum atomic E-state index is 12.7. The highest BCUT2D eigenvalue weighted by Gasteiger charge is 2.20. The van der Waals surface area contributed by atoms with Gasteiger partial charge in [-0.2, -0.15) is 8.75 Å². The van der Waals surface area contributed by atoms with Gasteiger partial charge in [-0.1, -0.05) is 17.8 Å². The van der Waals surface area contributed by atoms with Gasteiger partial charge in [-0.3, -0.25) is 4.72 Å². The van der Waals surface area contributed by atoms with E-state index in [2.05, 4.69) is 18.5 Å². The lowest BCUT2D eigenvalue weighted by Crippen LogP contribution is -2.13. The predicted octanol–water partition coefficient (Wildman–Crippen LogP) is 3.82. The number of anilines is 1. The first-order valence-corrected chi connectivity index (χ1v) is 11.0. The average Bonchev–Trinajstić information content (AvgIpc) is 3.19. The van der Waals surface area contributed by atoms with Crippen LogP contribution in [0.1, 0.15) is 0 Å². The summed E-state index contributed by atoms with van der Waals surface area (Å²) in [6.07, 6.45) is 1.96. The number of benzene rings is 2. The summed E-state index contributed by atoms with van der Waals surface area (Å²) in [6, 6.07) is 10.3. The van der Waals surface area contributed by atoms with Crippen molar-refractivity contribution < 1.29 is 8.42 Å². The molecular weight excluding hydrogens is 384 g/mol. The Morgan fingerprint density at radius 3 is 2.83 bits per heavy atom. The smallest absolute Gasteiger partial charge is 0.264 e. The van der Waals surface area contributed by atoms with Gasteiger partial charge in [-0.15, -0.1) is 11.3 Å². The lowest BCUT2D eigenvalue weighted by Gasteiger charge is -2.08. The lowest BCUT2D eigenvalue weighted by atomic mass is 10.3. The zero-order valence-corrected chi connectivity index (χ0v) is 15.5. The molecule has 4 rings (SSSR count). The highest BCUT2D eigenvalue weighted by Crippen LogP contribution is 2.31. The molecule has 2 heterocycles. The molecule has 0 bridgehead atoms. The van der Waals surface area contributed by atoms with E-state index in [1.54, 1.807) is 36.0 Å². The monoisotopic (exact) mass is 394 g/mol. The van der Waals surface area contributed by atoms with Crippen LogP contribution in [-0.2, 0) is 10.0 Å². The van der Waals surface area contributed by atoms with Gasteiger partial charge in [0.25, 0.3) is 10.0 Å². The van der Waals surface area contributed by atoms with Crippen LogP contribution < -0.4 is 4.72 Å². The molecule has 4 aromatic rings. The Balaban J connectivity index is 1.74. The Kier molecular flexibility index (Phi) is 3.91. The van der Waals surface area contributed by atoms with Crippen LogP contribution in [0.5, 0.6) is 0 Å². The molecule has 0 saturated carbocycles. The van der Waals surface area contributed by atoms with Crippen molar-refractivity contribution in [1.82, 2.24) is 13.7 Å². The molecule has 1 N–H and O–H groups in total. The normalized spacial score (nSPS) is 12.0. The number of fused-ring (bicyclic) bond motifs is 2. The molecule has 2 aromatic carbocycles. The molecule has 0 amide bonds. The van der Waals surface area contributed by atoms with Crippen molar-refractivity contribution in [2.75, 3.05) is 11.0 Å². The van der Waals surface area contributed by atoms with E-state index in [0.717, 1.165) is 26.3 Å². The van der Waals surface area contributed by atoms with Gasteiger partial charge in [0.1, 0.15) is 15.9 Å². The number of hydrogen-bond acceptors (Lipinski definition) is 8. The van der Waals surface area contributed by atoms with Crippen molar-refractivity contribution in [2.24, 2.45) is 0 Å². The maximum absolute atomic E-state index is 12.7. The molecule has 0 fully saturated rings. The summed E-state index contributed by atoms with van der Waals surface area (Å²) in [4.78, 5) is 4.58. The van der Waals surface area contributed by atoms with E-state index in [4.69, 9.17) is 0 Å². The van der Waals surface area contributed by atoms with Gasteiger partial charge in [0.2, 0.25) is 0 Å². The highest BCUT2D eigenvalue weighted by atomic mass is 32.2. The molecule has 0 aliphatic carbocycles. The van der Waals surface area contributed by atoms with Crippen LogP contribution in [-0.4, -0.2) is 28.4 Å². The number of thioether (sulfide) groups is 1. The van der Waals surface area contributed by atoms with Crippen LogP contribution in [0.4, 0.5) is 5.69 Å². The van der Waals surface area contributed by atoms with Crippen molar-refractivity contribution in [1.29, 1.82) is 0 Å². The molecule has 0 aliphatic rings. The van der Waals surface area contributed by atoms with Crippen molar-refractivity contribution in [3.63, 3.8) is 0 Å². The largest absolute Gasteiger partial charge is 0.280 e. The number of aromatic nitrogens is 3. The minimum atomic E-state index is -3.74. The van der Waals surface area contributed by atoms with E-state index in [9.17, 15) is 8.42 Å². The molecule has 0 unspecified atom stereocenters. The first-order chi connectivity index (χ1) is 11.6. The number of nitrogens with zero attached hydrogens (tertiary/aromatic N) is 3. The van der Waals surface area contributed by atoms with Crippen molar-refractivity contribution >= 4 is 71.8 Å². The summed E-state index contributed by atoms with van der Waals surface area (Å²) in [7, 11) is -3.74. The zero-order chi connectivity index (χ0) is 16.7. The minimum absolute atomic E-state index is 0.128. The Morgan fingerprint density at radius 1 is 1.12 bits per heavy atom. The Hall–Kier alpha value is -1.75. The summed E-state index contributed by atoms with van der Waals surface area (Å²) >= 11 is 4.10. The fourth-order valence-corrected chi connectivity index (χ4v) is 5.61. The standard InChI is InChI=1S/C14H10N4O2S4/c1-21-14-15-9-6-5-8(7-11(9)22-14)18-24(19,20)12-4-2-3-10-13(12)17-23-16-10/h2-7,18H,1H3. The maximum Gasteiger partial charge on any atom is 0.264 e. The number of sulfonamides is 1. The Morgan fingerprint density at radius 2 is 2.00 bits per heavy atom. The third-order valence-electron chi connectivity index (χ3n) is 3.33. The third kappa shape index (κ3) is 2.75. The van der Waals surface area contributed by atoms with E-state index >= 15 is 0 Å². The van der Waals surface area contributed by atoms with Crippen LogP contribution >= 0.6 is 34.8 Å². The molecular formula is C14H10N4O2S4. The second kappa shape index (κ2) is 5.96. The topological polar surface area (TPSA) is 84.8 Å². The van der Waals surface area contributed by atoms with Crippen LogP contribution in [0.2, 0.25) is 0 Å². The molecule has 0 saturated heterocycles. The summed E-state index contributed by atoms with van der Waals surface area (Å²) in [6.45, 7) is 0. The number of thiazole rings is 1. The van der Waals surface area contributed by atoms with Gasteiger partial charge in [0, 0.05) is 0 Å². The van der Waals surface area contributed by atoms with Gasteiger partial charge in [0.15, 0.2) is 4.34 Å². The second-order valence-corrected chi connectivity index (χ2v) is 9.12. The van der Waals surface area contributed by atoms with Gasteiger partial charge in [0.05, 0.1) is 27.6 Å². The number of rotatable bonds is 4. The Bertz CT molecular complexity index is 1150. The van der Waals surface area contributed by atoms with Gasteiger partial charge >= 0.3 is 0 Å². The van der Waals surface area contributed by atoms with Crippen LogP contribution in [0, 0.1) is 0 Å². The summed E-state index contributed by atoms with van der Waals surface area (Å²) < 4.78 is 38.1. The van der Waals surface area contributed by atoms with Crippen molar-refractivity contribution in [3.8, 4) is 0 Å². The van der Waals surface area contributed by atoms with Gasteiger partial charge < -0.3 is 0 Å². The zero-order valence-electron chi connectivity index (χ0n) is 12.3. The van der Waals surface area contributed by atoms with Gasteiger partial charge in [-0.05, 0) is 36.6 Å². The minimum Gasteiger partial charge on any atom is -0.280 e. The summed E-state index contributed by atoms with van der Waals surface area (Å²) in [5.41, 5.74) is 2.32. The third-order valence-corrected chi connectivity index (χ3v) is 7.29. The van der Waals surface area contributed by atoms with Gasteiger partial charge in [-0.25, -0.2) is 13.4 Å². The highest BCUT2D eigenvalue weighted by molar-refractivity contribution is 8.00. The van der Waals surface area contributed by atoms with Crippen LogP contribution in [0.15, 0.2) is 45.6 Å². The summed E-state index contributed by atoms with van der Waals surface area (Å²) in [5, 5.41) is 0. The predicted molar refractivity (Wildman–Crippen MR) is 99.6 cm³/mol.